The first-order valence-corrected chi connectivity index (χ1v) is 11.0. The SMILES string of the molecule is COc1cc([C@H](N2C[C@@H]3C[C@H]2CO3)C(F)(F)F)ccc1Nc1nc(OCC(F)(F)F)c2cc[nH]c2n1. The van der Waals surface area contributed by atoms with Crippen molar-refractivity contribution in [2.24, 2.45) is 0 Å². The summed E-state index contributed by atoms with van der Waals surface area (Å²) in [7, 11) is 1.30. The number of alkyl halides is 6. The van der Waals surface area contributed by atoms with Crippen molar-refractivity contribution in [3.05, 3.63) is 36.0 Å². The van der Waals surface area contributed by atoms with Crippen molar-refractivity contribution in [1.29, 1.82) is 0 Å². The first-order valence-electron chi connectivity index (χ1n) is 11.0. The molecule has 0 unspecified atom stereocenters. The molecule has 2 aliphatic heterocycles. The molecule has 0 spiro atoms. The van der Waals surface area contributed by atoms with Gasteiger partial charge in [0.05, 0.1) is 30.9 Å². The van der Waals surface area contributed by atoms with Gasteiger partial charge in [0.1, 0.15) is 17.4 Å². The van der Waals surface area contributed by atoms with Gasteiger partial charge in [0.25, 0.3) is 0 Å². The number of aromatic nitrogens is 3. The zero-order valence-corrected chi connectivity index (χ0v) is 18.8. The molecule has 0 radical (unpaired) electrons. The lowest BCUT2D eigenvalue weighted by Crippen LogP contribution is -2.45. The van der Waals surface area contributed by atoms with Gasteiger partial charge in [0.15, 0.2) is 6.61 Å². The summed E-state index contributed by atoms with van der Waals surface area (Å²) < 4.78 is 96.0. The molecule has 2 saturated heterocycles. The van der Waals surface area contributed by atoms with E-state index in [1.165, 1.54) is 42.5 Å². The Bertz CT molecular complexity index is 1250. The van der Waals surface area contributed by atoms with E-state index in [4.69, 9.17) is 14.2 Å². The van der Waals surface area contributed by atoms with E-state index in [1.807, 2.05) is 0 Å². The number of morpholine rings is 1. The number of fused-ring (bicyclic) bond motifs is 3. The molecule has 3 aromatic rings. The number of hydrogen-bond donors (Lipinski definition) is 2. The molecule has 0 saturated carbocycles. The van der Waals surface area contributed by atoms with Crippen LogP contribution in [0.25, 0.3) is 11.0 Å². The van der Waals surface area contributed by atoms with Crippen LogP contribution in [-0.4, -0.2) is 71.2 Å². The topological polar surface area (TPSA) is 84.5 Å². The van der Waals surface area contributed by atoms with E-state index in [-0.39, 0.29) is 65.2 Å². The number of aromatic amines is 1. The van der Waals surface area contributed by atoms with Gasteiger partial charge in [-0.3, -0.25) is 4.90 Å². The number of nitrogens with zero attached hydrogens (tertiary/aromatic N) is 3. The maximum atomic E-state index is 14.1. The molecule has 0 amide bonds. The van der Waals surface area contributed by atoms with Crippen LogP contribution in [0.2, 0.25) is 0 Å². The van der Waals surface area contributed by atoms with E-state index in [0.717, 1.165) is 0 Å². The molecular formula is C22H21F6N5O3. The molecule has 2 N–H and O–H groups in total. The van der Waals surface area contributed by atoms with E-state index in [1.54, 1.807) is 0 Å². The number of methoxy groups -OCH3 is 1. The summed E-state index contributed by atoms with van der Waals surface area (Å²) >= 11 is 0. The van der Waals surface area contributed by atoms with Crippen LogP contribution in [0.3, 0.4) is 0 Å². The van der Waals surface area contributed by atoms with Crippen LogP contribution in [0.4, 0.5) is 38.0 Å². The normalized spacial score (nSPS) is 21.2. The molecule has 1 aromatic carbocycles. The monoisotopic (exact) mass is 517 g/mol. The minimum Gasteiger partial charge on any atom is -0.495 e. The molecule has 14 heteroatoms. The van der Waals surface area contributed by atoms with Crippen LogP contribution in [0, 0.1) is 0 Å². The average molecular weight is 517 g/mol. The van der Waals surface area contributed by atoms with Crippen molar-refractivity contribution in [2.75, 3.05) is 32.2 Å². The van der Waals surface area contributed by atoms with Crippen LogP contribution >= 0.6 is 0 Å². The van der Waals surface area contributed by atoms with Gasteiger partial charge in [-0.15, -0.1) is 0 Å². The Kier molecular flexibility index (Phi) is 6.11. The maximum Gasteiger partial charge on any atom is 0.422 e. The molecular weight excluding hydrogens is 496 g/mol. The third kappa shape index (κ3) is 4.87. The first-order chi connectivity index (χ1) is 17.0. The van der Waals surface area contributed by atoms with Crippen molar-refractivity contribution in [3.8, 4) is 11.6 Å². The van der Waals surface area contributed by atoms with Crippen LogP contribution in [-0.2, 0) is 4.74 Å². The van der Waals surface area contributed by atoms with Crippen molar-refractivity contribution >= 4 is 22.7 Å². The summed E-state index contributed by atoms with van der Waals surface area (Å²) in [4.78, 5) is 12.4. The highest BCUT2D eigenvalue weighted by Gasteiger charge is 2.52. The average Bonchev–Trinajstić information content (AvgIpc) is 3.54. The standard InChI is InChI=1S/C22H21F6N5O3/c1-34-16-6-11(17(22(26,27)28)33-8-13-7-12(33)9-35-13)2-3-15(16)30-20-31-18-14(4-5-29-18)19(32-20)36-10-21(23,24)25/h2-6,12-13,17H,7-10H2,1H3,(H2,29,30,31,32)/t12-,13-,17-/m0/s1. The number of hydrogen-bond acceptors (Lipinski definition) is 7. The number of halogens is 6. The quantitative estimate of drug-likeness (QED) is 0.439. The molecule has 2 aliphatic rings. The Morgan fingerprint density at radius 1 is 1.19 bits per heavy atom. The predicted molar refractivity (Wildman–Crippen MR) is 115 cm³/mol. The first kappa shape index (κ1) is 24.4. The Morgan fingerprint density at radius 3 is 2.64 bits per heavy atom. The van der Waals surface area contributed by atoms with Crippen molar-refractivity contribution in [2.45, 2.75) is 37.0 Å². The fourth-order valence-electron chi connectivity index (χ4n) is 4.64. The van der Waals surface area contributed by atoms with Crippen LogP contribution < -0.4 is 14.8 Å². The molecule has 0 aliphatic carbocycles. The van der Waals surface area contributed by atoms with Crippen LogP contribution in [0.1, 0.15) is 18.0 Å². The Morgan fingerprint density at radius 2 is 2.00 bits per heavy atom. The number of H-pyrrole nitrogens is 1. The maximum absolute atomic E-state index is 14.1. The van der Waals surface area contributed by atoms with E-state index >= 15 is 0 Å². The molecule has 2 aromatic heterocycles. The zero-order chi connectivity index (χ0) is 25.7. The number of anilines is 2. The third-order valence-corrected chi connectivity index (χ3v) is 6.13. The minimum absolute atomic E-state index is 0.00705. The van der Waals surface area contributed by atoms with Crippen molar-refractivity contribution in [1.82, 2.24) is 19.9 Å². The molecule has 4 heterocycles. The summed E-state index contributed by atoms with van der Waals surface area (Å²) in [5, 5.41) is 3.04. The molecule has 2 bridgehead atoms. The predicted octanol–water partition coefficient (Wildman–Crippen LogP) is 4.73. The fourth-order valence-corrected chi connectivity index (χ4v) is 4.64. The second-order valence-electron chi connectivity index (χ2n) is 8.57. The molecule has 3 atom stereocenters. The summed E-state index contributed by atoms with van der Waals surface area (Å²) in [6, 6.07) is 3.30. The lowest BCUT2D eigenvalue weighted by Gasteiger charge is -2.36. The molecule has 2 fully saturated rings. The smallest absolute Gasteiger partial charge is 0.422 e. The van der Waals surface area contributed by atoms with Crippen LogP contribution in [0.15, 0.2) is 30.5 Å². The Balaban J connectivity index is 1.44. The van der Waals surface area contributed by atoms with Gasteiger partial charge in [-0.25, -0.2) is 0 Å². The minimum atomic E-state index is -4.57. The highest BCUT2D eigenvalue weighted by molar-refractivity contribution is 5.82. The molecule has 5 rings (SSSR count). The Hall–Kier alpha value is -3.26. The molecule has 8 nitrogen and oxygen atoms in total. The lowest BCUT2D eigenvalue weighted by molar-refractivity contribution is -0.196. The van der Waals surface area contributed by atoms with Gasteiger partial charge in [0, 0.05) is 18.8 Å². The third-order valence-electron chi connectivity index (χ3n) is 6.13. The number of nitrogens with one attached hydrogen (secondary N) is 2. The summed E-state index contributed by atoms with van der Waals surface area (Å²) in [6.07, 6.45) is -7.29. The highest BCUT2D eigenvalue weighted by atomic mass is 19.4. The summed E-state index contributed by atoms with van der Waals surface area (Å²) in [6.45, 7) is -1.11. The van der Waals surface area contributed by atoms with Gasteiger partial charge >= 0.3 is 12.4 Å². The fraction of sp³-hybridized carbons (Fsp3) is 0.455. The second-order valence-corrected chi connectivity index (χ2v) is 8.57. The number of ether oxygens (including phenoxy) is 3. The van der Waals surface area contributed by atoms with Crippen LogP contribution in [0.5, 0.6) is 11.6 Å². The van der Waals surface area contributed by atoms with E-state index < -0.39 is 25.0 Å². The largest absolute Gasteiger partial charge is 0.495 e. The van der Waals surface area contributed by atoms with Gasteiger partial charge in [-0.2, -0.15) is 36.3 Å². The highest BCUT2D eigenvalue weighted by Crippen LogP contribution is 2.45. The number of benzene rings is 1. The van der Waals surface area contributed by atoms with Gasteiger partial charge in [-0.05, 0) is 30.2 Å². The Labute approximate surface area is 200 Å². The van der Waals surface area contributed by atoms with Gasteiger partial charge < -0.3 is 24.5 Å². The second kappa shape index (κ2) is 9.00. The van der Waals surface area contributed by atoms with Gasteiger partial charge in [-0.1, -0.05) is 6.07 Å². The molecule has 194 valence electrons. The van der Waals surface area contributed by atoms with Crippen molar-refractivity contribution in [3.63, 3.8) is 0 Å². The lowest BCUT2D eigenvalue weighted by atomic mass is 10.0. The summed E-state index contributed by atoms with van der Waals surface area (Å²) in [5.74, 6) is -0.357. The van der Waals surface area contributed by atoms with E-state index in [2.05, 4.69) is 20.3 Å². The summed E-state index contributed by atoms with van der Waals surface area (Å²) in [5.41, 5.74) is 0.428. The van der Waals surface area contributed by atoms with Crippen molar-refractivity contribution < 1.29 is 40.6 Å². The van der Waals surface area contributed by atoms with E-state index in [9.17, 15) is 26.3 Å². The van der Waals surface area contributed by atoms with Gasteiger partial charge in [0.2, 0.25) is 11.8 Å². The number of likely N-dealkylation sites (tertiary alicyclic amines) is 1. The molecule has 36 heavy (non-hydrogen) atoms. The van der Waals surface area contributed by atoms with E-state index in [0.29, 0.717) is 6.42 Å². The number of rotatable bonds is 7. The zero-order valence-electron chi connectivity index (χ0n) is 18.8.